The highest BCUT2D eigenvalue weighted by molar-refractivity contribution is 7.71. The Hall–Kier alpha value is -0.670. The average Bonchev–Trinajstić information content (AvgIpc) is 2.20. The van der Waals surface area contributed by atoms with E-state index in [0.29, 0.717) is 6.04 Å². The first kappa shape index (κ1) is 8.91. The molecule has 2 heterocycles. The highest BCUT2D eigenvalue weighted by Gasteiger charge is 2.15. The lowest BCUT2D eigenvalue weighted by Crippen LogP contribution is -2.27. The van der Waals surface area contributed by atoms with E-state index in [4.69, 9.17) is 12.2 Å². The number of pyridine rings is 1. The number of aromatic amines is 1. The highest BCUT2D eigenvalue weighted by Crippen LogP contribution is 2.22. The zero-order valence-electron chi connectivity index (χ0n) is 7.55. The Morgan fingerprint density at radius 1 is 1.38 bits per heavy atom. The fourth-order valence-corrected chi connectivity index (χ4v) is 2.10. The highest BCUT2D eigenvalue weighted by atomic mass is 32.1. The van der Waals surface area contributed by atoms with Gasteiger partial charge in [0.05, 0.1) is 0 Å². The van der Waals surface area contributed by atoms with Crippen LogP contribution in [0.3, 0.4) is 0 Å². The van der Waals surface area contributed by atoms with Gasteiger partial charge in [-0.1, -0.05) is 24.7 Å². The molecule has 1 unspecified atom stereocenters. The Morgan fingerprint density at radius 2 is 2.31 bits per heavy atom. The Bertz CT molecular complexity index is 326. The van der Waals surface area contributed by atoms with E-state index >= 15 is 0 Å². The van der Waals surface area contributed by atoms with E-state index < -0.39 is 0 Å². The molecule has 1 aromatic rings. The number of hydrogen-bond donors (Lipinski definition) is 2. The Kier molecular flexibility index (Phi) is 2.76. The maximum Gasteiger partial charge on any atom is 0.108 e. The van der Waals surface area contributed by atoms with E-state index in [0.717, 1.165) is 11.2 Å². The first-order valence-corrected chi connectivity index (χ1v) is 5.20. The molecule has 2 nitrogen and oxygen atoms in total. The standard InChI is InChI=1S/C10H14N2S/c13-10-8(4-3-7-12-10)9-5-1-2-6-11-9/h3-4,7,9,11H,1-2,5-6H2,(H,12,13). The summed E-state index contributed by atoms with van der Waals surface area (Å²) in [6.45, 7) is 1.12. The number of hydrogen-bond acceptors (Lipinski definition) is 2. The summed E-state index contributed by atoms with van der Waals surface area (Å²) in [4.78, 5) is 3.07. The molecule has 0 spiro atoms. The van der Waals surface area contributed by atoms with E-state index in [1.165, 1.54) is 24.8 Å². The van der Waals surface area contributed by atoms with Gasteiger partial charge < -0.3 is 10.3 Å². The van der Waals surface area contributed by atoms with Crippen molar-refractivity contribution in [1.29, 1.82) is 0 Å². The number of aromatic nitrogens is 1. The zero-order chi connectivity index (χ0) is 9.10. The lowest BCUT2D eigenvalue weighted by molar-refractivity contribution is 0.411. The van der Waals surface area contributed by atoms with Crippen LogP contribution < -0.4 is 5.32 Å². The average molecular weight is 194 g/mol. The van der Waals surface area contributed by atoms with Crippen LogP contribution in [0.15, 0.2) is 18.3 Å². The van der Waals surface area contributed by atoms with Crippen molar-refractivity contribution in [3.05, 3.63) is 28.5 Å². The first-order valence-electron chi connectivity index (χ1n) is 4.79. The van der Waals surface area contributed by atoms with Crippen molar-refractivity contribution in [2.45, 2.75) is 25.3 Å². The van der Waals surface area contributed by atoms with Crippen molar-refractivity contribution in [3.8, 4) is 0 Å². The third-order valence-electron chi connectivity index (χ3n) is 2.53. The molecule has 0 radical (unpaired) electrons. The summed E-state index contributed by atoms with van der Waals surface area (Å²) >= 11 is 5.24. The van der Waals surface area contributed by atoms with Crippen LogP contribution in [0, 0.1) is 4.64 Å². The van der Waals surface area contributed by atoms with Crippen LogP contribution in [0.1, 0.15) is 30.9 Å². The van der Waals surface area contributed by atoms with Crippen LogP contribution in [0.5, 0.6) is 0 Å². The summed E-state index contributed by atoms with van der Waals surface area (Å²) in [6.07, 6.45) is 5.69. The van der Waals surface area contributed by atoms with Crippen LogP contribution in [0.25, 0.3) is 0 Å². The van der Waals surface area contributed by atoms with Gasteiger partial charge in [0, 0.05) is 17.8 Å². The SMILES string of the molecule is S=c1[nH]cccc1C1CCCCN1. The van der Waals surface area contributed by atoms with Crippen molar-refractivity contribution < 1.29 is 0 Å². The zero-order valence-corrected chi connectivity index (χ0v) is 8.36. The molecular formula is C10H14N2S. The van der Waals surface area contributed by atoms with Gasteiger partial charge in [-0.05, 0) is 25.5 Å². The molecule has 1 fully saturated rings. The minimum atomic E-state index is 0.471. The molecule has 13 heavy (non-hydrogen) atoms. The molecule has 0 amide bonds. The second-order valence-electron chi connectivity index (χ2n) is 3.46. The van der Waals surface area contributed by atoms with Gasteiger partial charge in [0.2, 0.25) is 0 Å². The van der Waals surface area contributed by atoms with Crippen molar-refractivity contribution >= 4 is 12.2 Å². The summed E-state index contributed by atoms with van der Waals surface area (Å²) in [5.41, 5.74) is 1.25. The van der Waals surface area contributed by atoms with E-state index in [1.54, 1.807) is 0 Å². The van der Waals surface area contributed by atoms with Gasteiger partial charge in [0.1, 0.15) is 4.64 Å². The van der Waals surface area contributed by atoms with Gasteiger partial charge in [-0.25, -0.2) is 0 Å². The molecule has 70 valence electrons. The number of rotatable bonds is 1. The monoisotopic (exact) mass is 194 g/mol. The minimum absolute atomic E-state index is 0.471. The van der Waals surface area contributed by atoms with Gasteiger partial charge in [0.25, 0.3) is 0 Å². The molecule has 0 saturated carbocycles. The van der Waals surface area contributed by atoms with Gasteiger partial charge in [0.15, 0.2) is 0 Å². The maximum absolute atomic E-state index is 5.24. The molecule has 1 aliphatic heterocycles. The van der Waals surface area contributed by atoms with Gasteiger partial charge >= 0.3 is 0 Å². The molecule has 0 aliphatic carbocycles. The number of piperidine rings is 1. The lowest BCUT2D eigenvalue weighted by atomic mass is 9.99. The Morgan fingerprint density at radius 3 is 3.00 bits per heavy atom. The van der Waals surface area contributed by atoms with Gasteiger partial charge in [-0.2, -0.15) is 0 Å². The van der Waals surface area contributed by atoms with Crippen molar-refractivity contribution in [2.24, 2.45) is 0 Å². The maximum atomic E-state index is 5.24. The van der Waals surface area contributed by atoms with Crippen LogP contribution in [0.2, 0.25) is 0 Å². The van der Waals surface area contributed by atoms with Crippen LogP contribution in [-0.4, -0.2) is 11.5 Å². The normalized spacial score (nSPS) is 22.9. The van der Waals surface area contributed by atoms with Gasteiger partial charge in [-0.15, -0.1) is 0 Å². The van der Waals surface area contributed by atoms with Crippen LogP contribution in [-0.2, 0) is 0 Å². The Balaban J connectivity index is 2.24. The van der Waals surface area contributed by atoms with Crippen LogP contribution >= 0.6 is 12.2 Å². The fraction of sp³-hybridized carbons (Fsp3) is 0.500. The molecule has 1 aromatic heterocycles. The second-order valence-corrected chi connectivity index (χ2v) is 3.87. The molecule has 1 saturated heterocycles. The minimum Gasteiger partial charge on any atom is -0.353 e. The second kappa shape index (κ2) is 4.03. The fourth-order valence-electron chi connectivity index (χ4n) is 1.83. The van der Waals surface area contributed by atoms with Gasteiger partial charge in [-0.3, -0.25) is 0 Å². The first-order chi connectivity index (χ1) is 6.38. The molecule has 1 atom stereocenters. The van der Waals surface area contributed by atoms with Crippen molar-refractivity contribution in [2.75, 3.05) is 6.54 Å². The molecule has 3 heteroatoms. The molecule has 2 N–H and O–H groups in total. The third kappa shape index (κ3) is 1.98. The van der Waals surface area contributed by atoms with E-state index in [9.17, 15) is 0 Å². The lowest BCUT2D eigenvalue weighted by Gasteiger charge is -2.23. The molecule has 2 rings (SSSR count). The predicted octanol–water partition coefficient (Wildman–Crippen LogP) is 2.56. The van der Waals surface area contributed by atoms with Crippen molar-refractivity contribution in [3.63, 3.8) is 0 Å². The summed E-state index contributed by atoms with van der Waals surface area (Å²) in [5.74, 6) is 0. The smallest absolute Gasteiger partial charge is 0.108 e. The predicted molar refractivity (Wildman–Crippen MR) is 56.2 cm³/mol. The molecular weight excluding hydrogens is 180 g/mol. The largest absolute Gasteiger partial charge is 0.353 e. The van der Waals surface area contributed by atoms with Crippen molar-refractivity contribution in [1.82, 2.24) is 10.3 Å². The van der Waals surface area contributed by atoms with Crippen LogP contribution in [0.4, 0.5) is 0 Å². The third-order valence-corrected chi connectivity index (χ3v) is 2.89. The Labute approximate surface area is 83.4 Å². The van der Waals surface area contributed by atoms with E-state index in [-0.39, 0.29) is 0 Å². The molecule has 0 aromatic carbocycles. The number of nitrogens with one attached hydrogen (secondary N) is 2. The van der Waals surface area contributed by atoms with E-state index in [1.807, 2.05) is 12.3 Å². The summed E-state index contributed by atoms with van der Waals surface area (Å²) in [5, 5.41) is 3.49. The quantitative estimate of drug-likeness (QED) is 0.672. The summed E-state index contributed by atoms with van der Waals surface area (Å²) in [6, 6.07) is 4.60. The topological polar surface area (TPSA) is 27.8 Å². The van der Waals surface area contributed by atoms with E-state index in [2.05, 4.69) is 16.4 Å². The summed E-state index contributed by atoms with van der Waals surface area (Å²) in [7, 11) is 0. The summed E-state index contributed by atoms with van der Waals surface area (Å²) < 4.78 is 0.877. The number of H-pyrrole nitrogens is 1. The molecule has 1 aliphatic rings. The molecule has 0 bridgehead atoms.